The zero-order chi connectivity index (χ0) is 18.2. The molecule has 2 aromatic carbocycles. The number of carbonyl (C=O) groups is 3. The number of primary amides is 1. The molecular formula is C19H18N2O4. The van der Waals surface area contributed by atoms with Gasteiger partial charge in [-0.3, -0.25) is 19.3 Å². The van der Waals surface area contributed by atoms with E-state index in [0.717, 1.165) is 10.5 Å². The molecular weight excluding hydrogens is 320 g/mol. The molecule has 1 aliphatic heterocycles. The first kappa shape index (κ1) is 16.9. The average Bonchev–Trinajstić information content (AvgIpc) is 2.77. The molecule has 3 rings (SSSR count). The molecule has 25 heavy (non-hydrogen) atoms. The van der Waals surface area contributed by atoms with E-state index in [4.69, 9.17) is 5.73 Å². The quantitative estimate of drug-likeness (QED) is 0.802. The van der Waals surface area contributed by atoms with Crippen molar-refractivity contribution in [2.75, 3.05) is 11.4 Å². The number of hydrogen-bond acceptors (Lipinski definition) is 4. The Morgan fingerprint density at radius 1 is 1.12 bits per heavy atom. The number of carbonyl (C=O) groups excluding carboxylic acids is 3. The van der Waals surface area contributed by atoms with Gasteiger partial charge in [0.15, 0.2) is 11.4 Å². The lowest BCUT2D eigenvalue weighted by Crippen LogP contribution is -2.44. The highest BCUT2D eigenvalue weighted by Crippen LogP contribution is 2.42. The van der Waals surface area contributed by atoms with Crippen molar-refractivity contribution >= 4 is 23.3 Å². The summed E-state index contributed by atoms with van der Waals surface area (Å²) in [6.45, 7) is 1.55. The third kappa shape index (κ3) is 2.92. The molecule has 1 heterocycles. The Balaban J connectivity index is 1.96. The SMILES string of the molecule is Cc1ccc(C(=O)C[C@@]2(O)C(=O)N(CC(N)=O)c3ccccc32)cc1. The Bertz CT molecular complexity index is 860. The van der Waals surface area contributed by atoms with Crippen molar-refractivity contribution in [2.45, 2.75) is 18.9 Å². The molecule has 128 valence electrons. The highest BCUT2D eigenvalue weighted by molar-refractivity contribution is 6.12. The van der Waals surface area contributed by atoms with Gasteiger partial charge in [-0.25, -0.2) is 0 Å². The number of Topliss-reactive ketones (excluding diaryl/α,β-unsaturated/α-hetero) is 1. The summed E-state index contributed by atoms with van der Waals surface area (Å²) in [5.41, 5.74) is 5.32. The van der Waals surface area contributed by atoms with Gasteiger partial charge >= 0.3 is 0 Å². The van der Waals surface area contributed by atoms with Crippen LogP contribution in [0.2, 0.25) is 0 Å². The van der Waals surface area contributed by atoms with Crippen molar-refractivity contribution in [3.8, 4) is 0 Å². The molecule has 3 N–H and O–H groups in total. The molecule has 0 aliphatic carbocycles. The monoisotopic (exact) mass is 338 g/mol. The molecule has 0 fully saturated rings. The van der Waals surface area contributed by atoms with Crippen LogP contribution in [0, 0.1) is 6.92 Å². The molecule has 0 bridgehead atoms. The van der Waals surface area contributed by atoms with E-state index in [1.807, 2.05) is 6.92 Å². The Morgan fingerprint density at radius 2 is 1.76 bits per heavy atom. The zero-order valence-corrected chi connectivity index (χ0v) is 13.7. The molecule has 0 aromatic heterocycles. The minimum atomic E-state index is -2.01. The fourth-order valence-electron chi connectivity index (χ4n) is 3.06. The van der Waals surface area contributed by atoms with Crippen molar-refractivity contribution in [1.29, 1.82) is 0 Å². The first-order chi connectivity index (χ1) is 11.8. The first-order valence-corrected chi connectivity index (χ1v) is 7.85. The van der Waals surface area contributed by atoms with Gasteiger partial charge in [-0.15, -0.1) is 0 Å². The predicted molar refractivity (Wildman–Crippen MR) is 92.0 cm³/mol. The number of para-hydroxylation sites is 1. The van der Waals surface area contributed by atoms with Crippen LogP contribution in [0.3, 0.4) is 0 Å². The van der Waals surface area contributed by atoms with E-state index in [0.29, 0.717) is 16.8 Å². The van der Waals surface area contributed by atoms with Crippen LogP contribution in [0.4, 0.5) is 5.69 Å². The first-order valence-electron chi connectivity index (χ1n) is 7.85. The number of anilines is 1. The molecule has 0 unspecified atom stereocenters. The Morgan fingerprint density at radius 3 is 2.40 bits per heavy atom. The van der Waals surface area contributed by atoms with Crippen LogP contribution in [0.5, 0.6) is 0 Å². The summed E-state index contributed by atoms with van der Waals surface area (Å²) in [6, 6.07) is 13.5. The molecule has 0 saturated heterocycles. The standard InChI is InChI=1S/C19H18N2O4/c1-12-6-8-13(9-7-12)16(22)10-19(25)14-4-2-3-5-15(14)21(18(19)24)11-17(20)23/h2-9,25H,10-11H2,1H3,(H2,20,23)/t19-/m0/s1. The topological polar surface area (TPSA) is 101 Å². The summed E-state index contributed by atoms with van der Waals surface area (Å²) < 4.78 is 0. The van der Waals surface area contributed by atoms with Crippen LogP contribution in [0.25, 0.3) is 0 Å². The average molecular weight is 338 g/mol. The van der Waals surface area contributed by atoms with Crippen molar-refractivity contribution in [3.05, 3.63) is 65.2 Å². The van der Waals surface area contributed by atoms with E-state index in [9.17, 15) is 19.5 Å². The van der Waals surface area contributed by atoms with E-state index in [-0.39, 0.29) is 12.3 Å². The lowest BCUT2D eigenvalue weighted by atomic mass is 9.88. The number of aliphatic hydroxyl groups is 1. The van der Waals surface area contributed by atoms with Gasteiger partial charge in [0.25, 0.3) is 5.91 Å². The van der Waals surface area contributed by atoms with Crippen molar-refractivity contribution in [2.24, 2.45) is 5.73 Å². The number of benzene rings is 2. The van der Waals surface area contributed by atoms with Gasteiger partial charge in [-0.05, 0) is 13.0 Å². The van der Waals surface area contributed by atoms with E-state index < -0.39 is 23.8 Å². The van der Waals surface area contributed by atoms with E-state index in [1.54, 1.807) is 48.5 Å². The molecule has 1 aliphatic rings. The summed E-state index contributed by atoms with van der Waals surface area (Å²) >= 11 is 0. The second-order valence-electron chi connectivity index (χ2n) is 6.20. The minimum absolute atomic E-state index is 0.307. The summed E-state index contributed by atoms with van der Waals surface area (Å²) in [5, 5.41) is 11.0. The number of nitrogens with two attached hydrogens (primary N) is 1. The van der Waals surface area contributed by atoms with Gasteiger partial charge in [0.2, 0.25) is 5.91 Å². The van der Waals surface area contributed by atoms with Crippen molar-refractivity contribution < 1.29 is 19.5 Å². The van der Waals surface area contributed by atoms with Gasteiger partial charge in [0, 0.05) is 11.1 Å². The Hall–Kier alpha value is -2.99. The maximum Gasteiger partial charge on any atom is 0.264 e. The molecule has 0 spiro atoms. The number of aryl methyl sites for hydroxylation is 1. The van der Waals surface area contributed by atoms with Gasteiger partial charge < -0.3 is 10.8 Å². The van der Waals surface area contributed by atoms with Crippen LogP contribution in [0.15, 0.2) is 48.5 Å². The molecule has 2 aromatic rings. The van der Waals surface area contributed by atoms with Crippen LogP contribution >= 0.6 is 0 Å². The van der Waals surface area contributed by atoms with E-state index in [1.165, 1.54) is 0 Å². The third-order valence-electron chi connectivity index (χ3n) is 4.34. The summed E-state index contributed by atoms with van der Waals surface area (Å²) in [5.74, 6) is -1.77. The van der Waals surface area contributed by atoms with Crippen LogP contribution in [0.1, 0.15) is 27.9 Å². The van der Waals surface area contributed by atoms with Crippen molar-refractivity contribution in [3.63, 3.8) is 0 Å². The number of hydrogen-bond donors (Lipinski definition) is 2. The Labute approximate surface area is 144 Å². The summed E-state index contributed by atoms with van der Waals surface area (Å²) in [6.07, 6.45) is -0.402. The molecule has 6 heteroatoms. The Kier molecular flexibility index (Phi) is 4.14. The molecule has 6 nitrogen and oxygen atoms in total. The second kappa shape index (κ2) is 6.14. The van der Waals surface area contributed by atoms with Gasteiger partial charge in [-0.1, -0.05) is 48.0 Å². The fraction of sp³-hybridized carbons (Fsp3) is 0.211. The minimum Gasteiger partial charge on any atom is -0.375 e. The third-order valence-corrected chi connectivity index (χ3v) is 4.34. The van der Waals surface area contributed by atoms with Crippen LogP contribution < -0.4 is 10.6 Å². The normalized spacial score (nSPS) is 19.0. The highest BCUT2D eigenvalue weighted by Gasteiger charge is 2.51. The van der Waals surface area contributed by atoms with Crippen molar-refractivity contribution in [1.82, 2.24) is 0 Å². The smallest absolute Gasteiger partial charge is 0.264 e. The number of amides is 2. The second-order valence-corrected chi connectivity index (χ2v) is 6.20. The maximum atomic E-state index is 12.8. The highest BCUT2D eigenvalue weighted by atomic mass is 16.3. The number of fused-ring (bicyclic) bond motifs is 1. The molecule has 2 amide bonds. The van der Waals surface area contributed by atoms with Gasteiger partial charge in [-0.2, -0.15) is 0 Å². The number of nitrogens with zero attached hydrogens (tertiary/aromatic N) is 1. The van der Waals surface area contributed by atoms with Gasteiger partial charge in [0.1, 0.15) is 6.54 Å². The number of ketones is 1. The van der Waals surface area contributed by atoms with Gasteiger partial charge in [0.05, 0.1) is 12.1 Å². The zero-order valence-electron chi connectivity index (χ0n) is 13.7. The number of rotatable bonds is 5. The molecule has 0 saturated carbocycles. The predicted octanol–water partition coefficient (Wildman–Crippen LogP) is 1.29. The molecule has 0 radical (unpaired) electrons. The lowest BCUT2D eigenvalue weighted by molar-refractivity contribution is -0.136. The maximum absolute atomic E-state index is 12.8. The largest absolute Gasteiger partial charge is 0.375 e. The fourth-order valence-corrected chi connectivity index (χ4v) is 3.06. The summed E-state index contributed by atoms with van der Waals surface area (Å²) in [7, 11) is 0. The van der Waals surface area contributed by atoms with Crippen LogP contribution in [-0.2, 0) is 15.2 Å². The van der Waals surface area contributed by atoms with E-state index >= 15 is 0 Å². The lowest BCUT2D eigenvalue weighted by Gasteiger charge is -2.22. The molecule has 1 atom stereocenters. The van der Waals surface area contributed by atoms with Crippen LogP contribution in [-0.4, -0.2) is 29.2 Å². The summed E-state index contributed by atoms with van der Waals surface area (Å²) in [4.78, 5) is 37.7. The van der Waals surface area contributed by atoms with E-state index in [2.05, 4.69) is 0 Å².